The molecule has 3 amide bonds. The van der Waals surface area contributed by atoms with Crippen molar-refractivity contribution in [1.29, 1.82) is 0 Å². The van der Waals surface area contributed by atoms with Crippen molar-refractivity contribution in [3.05, 3.63) is 29.8 Å². The van der Waals surface area contributed by atoms with E-state index in [0.29, 0.717) is 17.6 Å². The molecule has 0 aliphatic carbocycles. The van der Waals surface area contributed by atoms with Crippen molar-refractivity contribution in [3.8, 4) is 5.75 Å². The fourth-order valence-electron chi connectivity index (χ4n) is 4.67. The summed E-state index contributed by atoms with van der Waals surface area (Å²) >= 11 is 0. The van der Waals surface area contributed by atoms with Crippen LogP contribution in [0.2, 0.25) is 0 Å². The lowest BCUT2D eigenvalue weighted by atomic mass is 10.0. The monoisotopic (exact) mass is 443 g/mol. The molecule has 1 aromatic rings. The Hall–Kier alpha value is -2.81. The molecular formula is C23H33N5O4. The van der Waals surface area contributed by atoms with Gasteiger partial charge in [-0.2, -0.15) is 0 Å². The number of β-amino-alcohol motifs (C(OH)–C–C–N with tert-alkyl or cyclic N) is 1. The number of aliphatic hydroxyl groups excluding tert-OH is 1. The number of piperidine rings is 1. The minimum atomic E-state index is -0.831. The van der Waals surface area contributed by atoms with Gasteiger partial charge in [-0.05, 0) is 42.9 Å². The first kappa shape index (κ1) is 22.4. The molecule has 1 aromatic carbocycles. The van der Waals surface area contributed by atoms with Gasteiger partial charge in [0.1, 0.15) is 18.5 Å². The maximum absolute atomic E-state index is 12.8. The molecular weight excluding hydrogens is 410 g/mol. The van der Waals surface area contributed by atoms with Gasteiger partial charge >= 0.3 is 6.03 Å². The Balaban J connectivity index is 1.50. The zero-order valence-corrected chi connectivity index (χ0v) is 19.0. The minimum absolute atomic E-state index is 0.0983. The molecule has 2 N–H and O–H groups in total. The molecule has 2 fully saturated rings. The summed E-state index contributed by atoms with van der Waals surface area (Å²) in [5.74, 6) is 1.52. The number of likely N-dealkylation sites (tertiary alicyclic amines) is 1. The summed E-state index contributed by atoms with van der Waals surface area (Å²) in [4.78, 5) is 35.2. The van der Waals surface area contributed by atoms with Gasteiger partial charge in [0, 0.05) is 20.1 Å². The Bertz CT molecular complexity index is 891. The van der Waals surface area contributed by atoms with Crippen molar-refractivity contribution in [2.24, 2.45) is 10.9 Å². The van der Waals surface area contributed by atoms with Crippen molar-refractivity contribution in [1.82, 2.24) is 20.0 Å². The molecule has 9 heteroatoms. The van der Waals surface area contributed by atoms with E-state index in [9.17, 15) is 14.7 Å². The van der Waals surface area contributed by atoms with Crippen molar-refractivity contribution in [2.45, 2.75) is 51.4 Å². The number of carbonyl (C=O) groups excluding carboxylic acids is 2. The Morgan fingerprint density at radius 1 is 1.34 bits per heavy atom. The number of hydrogen-bond donors (Lipinski definition) is 2. The highest BCUT2D eigenvalue weighted by molar-refractivity contribution is 6.03. The van der Waals surface area contributed by atoms with Gasteiger partial charge in [0.15, 0.2) is 18.2 Å². The third-order valence-corrected chi connectivity index (χ3v) is 6.44. The van der Waals surface area contributed by atoms with Crippen LogP contribution in [-0.4, -0.2) is 89.3 Å². The Labute approximate surface area is 189 Å². The number of nitrogens with one attached hydrogen (secondary N) is 1. The normalized spacial score (nSPS) is 26.6. The van der Waals surface area contributed by atoms with Gasteiger partial charge in [0.25, 0.3) is 5.91 Å². The molecule has 3 aliphatic rings. The average molecular weight is 444 g/mol. The van der Waals surface area contributed by atoms with E-state index < -0.39 is 24.3 Å². The fraction of sp³-hybridized carbons (Fsp3) is 0.609. The predicted octanol–water partition coefficient (Wildman–Crippen LogP) is 1.27. The number of ether oxygens (including phenoxy) is 1. The summed E-state index contributed by atoms with van der Waals surface area (Å²) in [5.41, 5.74) is 1.17. The number of nitrogens with zero attached hydrogens (tertiary/aromatic N) is 4. The molecule has 0 bridgehead atoms. The van der Waals surface area contributed by atoms with Crippen molar-refractivity contribution >= 4 is 17.9 Å². The maximum Gasteiger partial charge on any atom is 0.325 e. The van der Waals surface area contributed by atoms with E-state index >= 15 is 0 Å². The van der Waals surface area contributed by atoms with Crippen LogP contribution in [0.15, 0.2) is 29.3 Å². The maximum atomic E-state index is 12.8. The number of amides is 3. The second kappa shape index (κ2) is 9.36. The number of rotatable bonds is 6. The van der Waals surface area contributed by atoms with Gasteiger partial charge in [-0.1, -0.05) is 26.0 Å². The zero-order chi connectivity index (χ0) is 22.8. The molecule has 0 saturated carbocycles. The second-order valence-electron chi connectivity index (χ2n) is 9.00. The fourth-order valence-corrected chi connectivity index (χ4v) is 4.67. The molecule has 4 rings (SSSR count). The summed E-state index contributed by atoms with van der Waals surface area (Å²) in [6.45, 7) is 6.25. The lowest BCUT2D eigenvalue weighted by molar-refractivity contribution is -0.127. The van der Waals surface area contributed by atoms with Crippen LogP contribution in [0.5, 0.6) is 5.75 Å². The average Bonchev–Trinajstić information content (AvgIpc) is 3.16. The number of benzene rings is 1. The Morgan fingerprint density at radius 3 is 2.91 bits per heavy atom. The van der Waals surface area contributed by atoms with E-state index in [1.165, 1.54) is 10.5 Å². The summed E-state index contributed by atoms with van der Waals surface area (Å²) in [7, 11) is 1.64. The number of fused-ring (bicyclic) bond motifs is 1. The third kappa shape index (κ3) is 4.53. The molecule has 4 atom stereocenters. The standard InChI is InChI=1S/C23H33N5O4/c1-4-16-8-5-9-18(11-16)32-14-17(29)13-28-19-20(26(3)23(31)25-21(19)30)24-22(28)27-10-6-7-15(2)12-27/h5,8-9,11,15,17,19-20,29H,4,6-7,10,12-14H2,1-3H3,(H,25,30,31). The molecule has 32 heavy (non-hydrogen) atoms. The lowest BCUT2D eigenvalue weighted by Crippen LogP contribution is -2.65. The first-order chi connectivity index (χ1) is 15.4. The van der Waals surface area contributed by atoms with E-state index in [4.69, 9.17) is 9.73 Å². The zero-order valence-electron chi connectivity index (χ0n) is 19.0. The summed E-state index contributed by atoms with van der Waals surface area (Å²) in [6, 6.07) is 6.70. The molecule has 174 valence electrons. The van der Waals surface area contributed by atoms with Crippen LogP contribution in [-0.2, 0) is 11.2 Å². The van der Waals surface area contributed by atoms with Gasteiger partial charge < -0.3 is 24.5 Å². The number of guanidine groups is 1. The number of aryl methyl sites for hydroxylation is 1. The molecule has 3 heterocycles. The highest BCUT2D eigenvalue weighted by atomic mass is 16.5. The summed E-state index contributed by atoms with van der Waals surface area (Å²) < 4.78 is 5.82. The van der Waals surface area contributed by atoms with Gasteiger partial charge in [-0.15, -0.1) is 0 Å². The van der Waals surface area contributed by atoms with Crippen molar-refractivity contribution < 1.29 is 19.4 Å². The number of urea groups is 1. The van der Waals surface area contributed by atoms with Gasteiger partial charge in [-0.25, -0.2) is 9.79 Å². The molecule has 9 nitrogen and oxygen atoms in total. The Kier molecular flexibility index (Phi) is 6.55. The van der Waals surface area contributed by atoms with Crippen LogP contribution in [0.1, 0.15) is 32.3 Å². The highest BCUT2D eigenvalue weighted by Crippen LogP contribution is 2.28. The van der Waals surface area contributed by atoms with E-state index in [2.05, 4.69) is 24.1 Å². The lowest BCUT2D eigenvalue weighted by Gasteiger charge is -2.40. The minimum Gasteiger partial charge on any atom is -0.491 e. The number of carbonyl (C=O) groups is 2. The second-order valence-corrected chi connectivity index (χ2v) is 9.00. The number of likely N-dealkylation sites (N-methyl/N-ethyl adjacent to an activating group) is 1. The topological polar surface area (TPSA) is 97.7 Å². The quantitative estimate of drug-likeness (QED) is 0.687. The molecule has 0 spiro atoms. The van der Waals surface area contributed by atoms with Crippen LogP contribution < -0.4 is 10.1 Å². The SMILES string of the molecule is CCc1cccc(OCC(O)CN2C(N3CCCC(C)C3)=NC3C2C(=O)NC(=O)N3C)c1. The van der Waals surface area contributed by atoms with Gasteiger partial charge in [0.05, 0.1) is 6.54 Å². The molecule has 3 aliphatic heterocycles. The summed E-state index contributed by atoms with van der Waals surface area (Å²) in [6.07, 6.45) is 1.68. The van der Waals surface area contributed by atoms with Crippen LogP contribution in [0.4, 0.5) is 4.79 Å². The first-order valence-electron chi connectivity index (χ1n) is 11.4. The largest absolute Gasteiger partial charge is 0.491 e. The first-order valence-corrected chi connectivity index (χ1v) is 11.4. The van der Waals surface area contributed by atoms with Gasteiger partial charge in [0.2, 0.25) is 0 Å². The number of aliphatic imine (C=N–C) groups is 1. The summed E-state index contributed by atoms with van der Waals surface area (Å²) in [5, 5.41) is 13.2. The molecule has 0 aromatic heterocycles. The molecule has 4 unspecified atom stereocenters. The number of aliphatic hydroxyl groups is 1. The molecule has 2 saturated heterocycles. The van der Waals surface area contributed by atoms with E-state index in [1.807, 2.05) is 29.2 Å². The van der Waals surface area contributed by atoms with Crippen LogP contribution in [0.3, 0.4) is 0 Å². The predicted molar refractivity (Wildman–Crippen MR) is 120 cm³/mol. The molecule has 0 radical (unpaired) electrons. The van der Waals surface area contributed by atoms with E-state index in [0.717, 1.165) is 32.4 Å². The number of imide groups is 1. The van der Waals surface area contributed by atoms with E-state index in [1.54, 1.807) is 7.05 Å². The smallest absolute Gasteiger partial charge is 0.325 e. The van der Waals surface area contributed by atoms with Crippen LogP contribution in [0, 0.1) is 5.92 Å². The van der Waals surface area contributed by atoms with Crippen molar-refractivity contribution in [2.75, 3.05) is 33.3 Å². The van der Waals surface area contributed by atoms with Gasteiger partial charge in [-0.3, -0.25) is 10.1 Å². The van der Waals surface area contributed by atoms with Crippen molar-refractivity contribution in [3.63, 3.8) is 0 Å². The van der Waals surface area contributed by atoms with Crippen LogP contribution in [0.25, 0.3) is 0 Å². The van der Waals surface area contributed by atoms with Crippen LogP contribution >= 0.6 is 0 Å². The highest BCUT2D eigenvalue weighted by Gasteiger charge is 2.50. The Morgan fingerprint density at radius 2 is 2.16 bits per heavy atom. The van der Waals surface area contributed by atoms with E-state index in [-0.39, 0.29) is 19.1 Å². The number of hydrogen-bond acceptors (Lipinski definition) is 7. The third-order valence-electron chi connectivity index (χ3n) is 6.44.